The quantitative estimate of drug-likeness (QED) is 0.538. The molecule has 0 fully saturated rings. The van der Waals surface area contributed by atoms with Crippen LogP contribution in [0, 0.1) is 0 Å². The van der Waals surface area contributed by atoms with Crippen LogP contribution < -0.4 is 15.4 Å². The molecule has 146 valence electrons. The van der Waals surface area contributed by atoms with E-state index in [9.17, 15) is 22.8 Å². The van der Waals surface area contributed by atoms with E-state index in [2.05, 4.69) is 15.0 Å². The van der Waals surface area contributed by atoms with Gasteiger partial charge in [0.25, 0.3) is 11.8 Å². The molecule has 0 aliphatic carbocycles. The molecule has 0 bridgehead atoms. The lowest BCUT2D eigenvalue weighted by molar-refractivity contribution is -0.118. The van der Waals surface area contributed by atoms with Crippen molar-refractivity contribution in [1.82, 2.24) is 10.6 Å². The van der Waals surface area contributed by atoms with Gasteiger partial charge in [0, 0.05) is 20.3 Å². The van der Waals surface area contributed by atoms with Crippen molar-refractivity contribution in [2.75, 3.05) is 25.0 Å². The van der Waals surface area contributed by atoms with Crippen molar-refractivity contribution >= 4 is 39.3 Å². The topological polar surface area (TPSA) is 143 Å². The SMILES string of the molecule is COCCCNC(=O)c1ccccc1NS(=O)(=O)C1C(=O)NC(=O)N=C1C. The van der Waals surface area contributed by atoms with Crippen LogP contribution in [0.15, 0.2) is 29.3 Å². The molecule has 1 aromatic rings. The number of imide groups is 1. The monoisotopic (exact) mass is 396 g/mol. The summed E-state index contributed by atoms with van der Waals surface area (Å²) in [6.45, 7) is 2.10. The third kappa shape index (κ3) is 5.11. The fourth-order valence-corrected chi connectivity index (χ4v) is 3.91. The molecule has 0 radical (unpaired) electrons. The number of aliphatic imine (C=N–C) groups is 1. The maximum absolute atomic E-state index is 12.6. The molecule has 4 amide bonds. The number of nitrogens with one attached hydrogen (secondary N) is 3. The summed E-state index contributed by atoms with van der Waals surface area (Å²) in [6, 6.07) is 5.07. The Labute approximate surface area is 156 Å². The number of methoxy groups -OCH3 is 1. The molecule has 0 saturated heterocycles. The first-order valence-corrected chi connectivity index (χ1v) is 9.58. The van der Waals surface area contributed by atoms with Gasteiger partial charge in [0.05, 0.1) is 17.0 Å². The zero-order chi connectivity index (χ0) is 20.0. The molecular formula is C16H20N4O6S. The molecule has 1 atom stereocenters. The predicted octanol–water partition coefficient (Wildman–Crippen LogP) is 0.274. The van der Waals surface area contributed by atoms with E-state index in [1.54, 1.807) is 19.2 Å². The second-order valence-electron chi connectivity index (χ2n) is 5.72. The van der Waals surface area contributed by atoms with Crippen LogP contribution >= 0.6 is 0 Å². The second-order valence-corrected chi connectivity index (χ2v) is 7.49. The van der Waals surface area contributed by atoms with Gasteiger partial charge in [-0.1, -0.05) is 12.1 Å². The first-order chi connectivity index (χ1) is 12.8. The number of hydrogen-bond donors (Lipinski definition) is 3. The zero-order valence-corrected chi connectivity index (χ0v) is 15.6. The summed E-state index contributed by atoms with van der Waals surface area (Å²) in [5.74, 6) is -1.47. The van der Waals surface area contributed by atoms with E-state index >= 15 is 0 Å². The Morgan fingerprint density at radius 3 is 2.67 bits per heavy atom. The number of sulfonamides is 1. The lowest BCUT2D eigenvalue weighted by atomic mass is 10.1. The van der Waals surface area contributed by atoms with E-state index in [4.69, 9.17) is 4.74 Å². The average Bonchev–Trinajstić information content (AvgIpc) is 2.57. The van der Waals surface area contributed by atoms with Crippen LogP contribution in [0.5, 0.6) is 0 Å². The van der Waals surface area contributed by atoms with E-state index < -0.39 is 33.1 Å². The van der Waals surface area contributed by atoms with Crippen molar-refractivity contribution in [3.63, 3.8) is 0 Å². The fraction of sp³-hybridized carbons (Fsp3) is 0.375. The summed E-state index contributed by atoms with van der Waals surface area (Å²) in [6.07, 6.45) is 0.599. The Balaban J connectivity index is 2.22. The van der Waals surface area contributed by atoms with Gasteiger partial charge in [0.2, 0.25) is 10.0 Å². The number of benzene rings is 1. The van der Waals surface area contributed by atoms with Crippen LogP contribution in [0.4, 0.5) is 10.5 Å². The molecule has 1 aliphatic rings. The van der Waals surface area contributed by atoms with Crippen LogP contribution in [0.3, 0.4) is 0 Å². The molecule has 1 heterocycles. The molecule has 1 aromatic carbocycles. The Hall–Kier alpha value is -2.79. The normalized spacial score (nSPS) is 17.1. The summed E-state index contributed by atoms with van der Waals surface area (Å²) < 4.78 is 32.4. The third-order valence-corrected chi connectivity index (χ3v) is 5.35. The van der Waals surface area contributed by atoms with Crippen molar-refractivity contribution < 1.29 is 27.5 Å². The summed E-state index contributed by atoms with van der Waals surface area (Å²) in [4.78, 5) is 39.0. The van der Waals surface area contributed by atoms with Crippen LogP contribution in [-0.4, -0.2) is 57.5 Å². The summed E-state index contributed by atoms with van der Waals surface area (Å²) in [5.41, 5.74) is -0.0441. The van der Waals surface area contributed by atoms with Crippen LogP contribution in [0.2, 0.25) is 0 Å². The van der Waals surface area contributed by atoms with Crippen LogP contribution in [-0.2, 0) is 19.6 Å². The van der Waals surface area contributed by atoms with Gasteiger partial charge in [-0.05, 0) is 25.5 Å². The van der Waals surface area contributed by atoms with E-state index in [1.807, 2.05) is 5.32 Å². The lowest BCUT2D eigenvalue weighted by Crippen LogP contribution is -2.51. The van der Waals surface area contributed by atoms with Crippen LogP contribution in [0.25, 0.3) is 0 Å². The molecule has 27 heavy (non-hydrogen) atoms. The molecular weight excluding hydrogens is 376 g/mol. The summed E-state index contributed by atoms with van der Waals surface area (Å²) >= 11 is 0. The summed E-state index contributed by atoms with van der Waals surface area (Å²) in [5, 5.41) is 2.84. The predicted molar refractivity (Wildman–Crippen MR) is 98.2 cm³/mol. The molecule has 0 spiro atoms. The fourth-order valence-electron chi connectivity index (χ4n) is 2.47. The van der Waals surface area contributed by atoms with E-state index in [0.717, 1.165) is 0 Å². The van der Waals surface area contributed by atoms with Gasteiger partial charge in [-0.25, -0.2) is 18.2 Å². The Bertz CT molecular complexity index is 881. The number of rotatable bonds is 8. The molecule has 10 nitrogen and oxygen atoms in total. The number of nitrogens with zero attached hydrogens (tertiary/aromatic N) is 1. The highest BCUT2D eigenvalue weighted by Gasteiger charge is 2.39. The van der Waals surface area contributed by atoms with E-state index in [1.165, 1.54) is 19.1 Å². The number of ether oxygens (including phenoxy) is 1. The second kappa shape index (κ2) is 8.73. The Morgan fingerprint density at radius 1 is 1.30 bits per heavy atom. The van der Waals surface area contributed by atoms with Crippen LogP contribution in [0.1, 0.15) is 23.7 Å². The molecule has 0 saturated carbocycles. The molecule has 1 unspecified atom stereocenters. The maximum atomic E-state index is 12.6. The molecule has 0 aromatic heterocycles. The van der Waals surface area contributed by atoms with Gasteiger partial charge in [0.1, 0.15) is 0 Å². The lowest BCUT2D eigenvalue weighted by Gasteiger charge is -2.21. The smallest absolute Gasteiger partial charge is 0.347 e. The van der Waals surface area contributed by atoms with Gasteiger partial charge in [0.15, 0.2) is 5.25 Å². The highest BCUT2D eigenvalue weighted by atomic mass is 32.2. The van der Waals surface area contributed by atoms with Gasteiger partial charge < -0.3 is 10.1 Å². The number of para-hydroxylation sites is 1. The zero-order valence-electron chi connectivity index (χ0n) is 14.8. The Kier molecular flexibility index (Phi) is 6.64. The van der Waals surface area contributed by atoms with Gasteiger partial charge in [-0.3, -0.25) is 19.6 Å². The van der Waals surface area contributed by atoms with Gasteiger partial charge >= 0.3 is 6.03 Å². The van der Waals surface area contributed by atoms with Gasteiger partial charge in [-0.2, -0.15) is 0 Å². The highest BCUT2D eigenvalue weighted by molar-refractivity contribution is 7.94. The number of amides is 4. The molecule has 2 rings (SSSR count). The van der Waals surface area contributed by atoms with E-state index in [0.29, 0.717) is 19.6 Å². The molecule has 1 aliphatic heterocycles. The minimum Gasteiger partial charge on any atom is -0.385 e. The van der Waals surface area contributed by atoms with Crippen molar-refractivity contribution in [3.8, 4) is 0 Å². The molecule has 11 heteroatoms. The number of carbonyl (C=O) groups excluding carboxylic acids is 3. The first-order valence-electron chi connectivity index (χ1n) is 8.04. The third-order valence-electron chi connectivity index (χ3n) is 3.67. The number of hydrogen-bond acceptors (Lipinski definition) is 6. The minimum absolute atomic E-state index is 0.0132. The largest absolute Gasteiger partial charge is 0.385 e. The first kappa shape index (κ1) is 20.5. The van der Waals surface area contributed by atoms with E-state index in [-0.39, 0.29) is 17.0 Å². The van der Waals surface area contributed by atoms with Crippen molar-refractivity contribution in [2.24, 2.45) is 4.99 Å². The number of urea groups is 1. The average molecular weight is 396 g/mol. The summed E-state index contributed by atoms with van der Waals surface area (Å²) in [7, 11) is -2.74. The Morgan fingerprint density at radius 2 is 2.00 bits per heavy atom. The number of carbonyl (C=O) groups is 3. The van der Waals surface area contributed by atoms with Gasteiger partial charge in [-0.15, -0.1) is 0 Å². The van der Waals surface area contributed by atoms with Crippen molar-refractivity contribution in [3.05, 3.63) is 29.8 Å². The van der Waals surface area contributed by atoms with Crippen molar-refractivity contribution in [1.29, 1.82) is 0 Å². The molecule has 3 N–H and O–H groups in total. The highest BCUT2D eigenvalue weighted by Crippen LogP contribution is 2.19. The maximum Gasteiger partial charge on any atom is 0.347 e. The standard InChI is InChI=1S/C16H20N4O6S/c1-10-13(15(22)19-16(23)18-10)27(24,25)20-12-7-4-3-6-11(12)14(21)17-8-5-9-26-2/h3-4,6-7,13,20H,5,8-9H2,1-2H3,(H,17,21)(H,19,22,23). The minimum atomic E-state index is -4.29. The number of anilines is 1. The van der Waals surface area contributed by atoms with Crippen molar-refractivity contribution in [2.45, 2.75) is 18.6 Å².